The van der Waals surface area contributed by atoms with Gasteiger partial charge >= 0.3 is 0 Å². The van der Waals surface area contributed by atoms with Gasteiger partial charge in [-0.15, -0.1) is 0 Å². The predicted molar refractivity (Wildman–Crippen MR) is 107 cm³/mol. The molecule has 0 spiro atoms. The zero-order valence-electron chi connectivity index (χ0n) is 14.7. The zero-order valence-corrected chi connectivity index (χ0v) is 15.4. The molecular weight excluding hydrogens is 360 g/mol. The van der Waals surface area contributed by atoms with Crippen molar-refractivity contribution in [2.45, 2.75) is 13.5 Å². The van der Waals surface area contributed by atoms with Crippen LogP contribution >= 0.6 is 11.6 Å². The molecule has 2 heterocycles. The molecule has 0 atom stereocenters. The van der Waals surface area contributed by atoms with Gasteiger partial charge < -0.3 is 5.32 Å². The van der Waals surface area contributed by atoms with E-state index in [-0.39, 0.29) is 5.91 Å². The Morgan fingerprint density at radius 1 is 1.07 bits per heavy atom. The number of carbonyl (C=O) groups excluding carboxylic acids is 1. The van der Waals surface area contributed by atoms with Crippen LogP contribution in [0.2, 0.25) is 5.15 Å². The van der Waals surface area contributed by atoms with Gasteiger partial charge in [0.25, 0.3) is 5.91 Å². The maximum Gasteiger partial charge on any atom is 0.260 e. The van der Waals surface area contributed by atoms with Crippen molar-refractivity contribution in [3.63, 3.8) is 0 Å². The second-order valence-corrected chi connectivity index (χ2v) is 6.59. The van der Waals surface area contributed by atoms with Crippen LogP contribution in [0.1, 0.15) is 21.6 Å². The van der Waals surface area contributed by atoms with Gasteiger partial charge in [0, 0.05) is 11.6 Å². The highest BCUT2D eigenvalue weighted by Gasteiger charge is 2.21. The largest absolute Gasteiger partial charge is 0.320 e. The molecule has 134 valence electrons. The van der Waals surface area contributed by atoms with Crippen LogP contribution in [0.15, 0.2) is 66.9 Å². The summed E-state index contributed by atoms with van der Waals surface area (Å²) in [4.78, 5) is 17.3. The van der Waals surface area contributed by atoms with Crippen LogP contribution in [0.25, 0.3) is 10.9 Å². The molecule has 6 heteroatoms. The summed E-state index contributed by atoms with van der Waals surface area (Å²) in [5, 5.41) is 8.64. The van der Waals surface area contributed by atoms with Gasteiger partial charge in [-0.3, -0.25) is 9.78 Å². The molecule has 0 saturated carbocycles. The maximum absolute atomic E-state index is 12.9. The van der Waals surface area contributed by atoms with Crippen LogP contribution in [-0.4, -0.2) is 20.7 Å². The van der Waals surface area contributed by atoms with Crippen molar-refractivity contribution in [1.82, 2.24) is 14.8 Å². The smallest absolute Gasteiger partial charge is 0.260 e. The van der Waals surface area contributed by atoms with Crippen molar-refractivity contribution in [1.29, 1.82) is 0 Å². The highest BCUT2D eigenvalue weighted by Crippen LogP contribution is 2.25. The monoisotopic (exact) mass is 376 g/mol. The summed E-state index contributed by atoms with van der Waals surface area (Å²) in [7, 11) is 0. The summed E-state index contributed by atoms with van der Waals surface area (Å²) in [6, 6.07) is 19.3. The molecule has 4 aromatic rings. The average Bonchev–Trinajstić information content (AvgIpc) is 2.96. The van der Waals surface area contributed by atoms with Crippen LogP contribution < -0.4 is 5.32 Å². The minimum absolute atomic E-state index is 0.296. The number of anilines is 1. The number of aryl methyl sites for hydroxylation is 1. The number of benzene rings is 2. The van der Waals surface area contributed by atoms with Crippen LogP contribution in [-0.2, 0) is 6.54 Å². The first-order chi connectivity index (χ1) is 13.1. The Kier molecular flexibility index (Phi) is 4.60. The predicted octanol–water partition coefficient (Wildman–Crippen LogP) is 4.69. The molecule has 5 nitrogen and oxygen atoms in total. The topological polar surface area (TPSA) is 59.8 Å². The molecule has 1 N–H and O–H groups in total. The normalized spacial score (nSPS) is 10.9. The third-order valence-corrected chi connectivity index (χ3v) is 4.73. The second-order valence-electron chi connectivity index (χ2n) is 6.23. The van der Waals surface area contributed by atoms with Gasteiger partial charge in [-0.1, -0.05) is 60.1 Å². The Hall–Kier alpha value is -3.18. The third kappa shape index (κ3) is 3.41. The first kappa shape index (κ1) is 17.2. The number of aromatic nitrogens is 3. The van der Waals surface area contributed by atoms with Crippen molar-refractivity contribution >= 4 is 34.1 Å². The van der Waals surface area contributed by atoms with E-state index in [4.69, 9.17) is 11.6 Å². The van der Waals surface area contributed by atoms with Crippen molar-refractivity contribution in [2.24, 2.45) is 0 Å². The molecule has 0 aliphatic rings. The molecule has 0 unspecified atom stereocenters. The molecule has 2 aromatic heterocycles. The van der Waals surface area contributed by atoms with Gasteiger partial charge in [-0.05, 0) is 24.6 Å². The lowest BCUT2D eigenvalue weighted by Gasteiger charge is -2.08. The number of halogens is 1. The fourth-order valence-electron chi connectivity index (χ4n) is 3.06. The van der Waals surface area contributed by atoms with Gasteiger partial charge in [0.1, 0.15) is 5.15 Å². The molecule has 0 radical (unpaired) electrons. The van der Waals surface area contributed by atoms with E-state index in [0.29, 0.717) is 28.6 Å². The molecule has 1 amide bonds. The Balaban J connectivity index is 1.64. The van der Waals surface area contributed by atoms with Crippen LogP contribution in [0, 0.1) is 6.92 Å². The summed E-state index contributed by atoms with van der Waals surface area (Å²) in [6.07, 6.45) is 1.70. The molecule has 0 fully saturated rings. The highest BCUT2D eigenvalue weighted by atomic mass is 35.5. The van der Waals surface area contributed by atoms with E-state index < -0.39 is 0 Å². The molecular formula is C21H17ClN4O. The van der Waals surface area contributed by atoms with Crippen LogP contribution in [0.3, 0.4) is 0 Å². The van der Waals surface area contributed by atoms with E-state index in [1.165, 1.54) is 0 Å². The number of carbonyl (C=O) groups is 1. The molecule has 0 aliphatic heterocycles. The fraction of sp³-hybridized carbons (Fsp3) is 0.0952. The lowest BCUT2D eigenvalue weighted by Crippen LogP contribution is -2.13. The number of rotatable bonds is 4. The molecule has 0 aliphatic carbocycles. The first-order valence-corrected chi connectivity index (χ1v) is 8.93. The first-order valence-electron chi connectivity index (χ1n) is 8.55. The average molecular weight is 377 g/mol. The number of amides is 1. The van der Waals surface area contributed by atoms with Crippen molar-refractivity contribution in [3.05, 3.63) is 88.8 Å². The number of nitrogens with one attached hydrogen (secondary N) is 1. The highest BCUT2D eigenvalue weighted by molar-refractivity contribution is 6.33. The SMILES string of the molecule is Cc1nn(Cc2ccccc2)c(Cl)c1C(=O)Nc1cccc2cccnc12. The van der Waals surface area contributed by atoms with Gasteiger partial charge in [-0.25, -0.2) is 4.68 Å². The third-order valence-electron chi connectivity index (χ3n) is 4.35. The lowest BCUT2D eigenvalue weighted by molar-refractivity contribution is 0.102. The van der Waals surface area contributed by atoms with Crippen LogP contribution in [0.4, 0.5) is 5.69 Å². The quantitative estimate of drug-likeness (QED) is 0.562. The minimum Gasteiger partial charge on any atom is -0.320 e. The van der Waals surface area contributed by atoms with Crippen molar-refractivity contribution in [3.8, 4) is 0 Å². The molecule has 27 heavy (non-hydrogen) atoms. The summed E-state index contributed by atoms with van der Waals surface area (Å²) < 4.78 is 1.64. The summed E-state index contributed by atoms with van der Waals surface area (Å²) in [6.45, 7) is 2.28. The van der Waals surface area contributed by atoms with Gasteiger partial charge in [-0.2, -0.15) is 5.10 Å². The van der Waals surface area contributed by atoms with E-state index in [0.717, 1.165) is 16.5 Å². The molecule has 0 bridgehead atoms. The Morgan fingerprint density at radius 3 is 2.67 bits per heavy atom. The van der Waals surface area contributed by atoms with E-state index in [9.17, 15) is 4.79 Å². The number of para-hydroxylation sites is 1. The van der Waals surface area contributed by atoms with Gasteiger partial charge in [0.05, 0.1) is 29.0 Å². The van der Waals surface area contributed by atoms with Crippen molar-refractivity contribution in [2.75, 3.05) is 5.32 Å². The summed E-state index contributed by atoms with van der Waals surface area (Å²) >= 11 is 6.48. The van der Waals surface area contributed by atoms with E-state index >= 15 is 0 Å². The van der Waals surface area contributed by atoms with Crippen LogP contribution in [0.5, 0.6) is 0 Å². The van der Waals surface area contributed by atoms with Gasteiger partial charge in [0.15, 0.2) is 0 Å². The van der Waals surface area contributed by atoms with E-state index in [2.05, 4.69) is 15.4 Å². The summed E-state index contributed by atoms with van der Waals surface area (Å²) in [5.41, 5.74) is 3.40. The molecule has 4 rings (SSSR count). The summed E-state index contributed by atoms with van der Waals surface area (Å²) in [5.74, 6) is -0.296. The molecule has 0 saturated heterocycles. The van der Waals surface area contributed by atoms with E-state index in [1.54, 1.807) is 17.8 Å². The second kappa shape index (κ2) is 7.21. The Bertz CT molecular complexity index is 1120. The number of hydrogen-bond acceptors (Lipinski definition) is 3. The fourth-order valence-corrected chi connectivity index (χ4v) is 3.38. The standard InChI is InChI=1S/C21H17ClN4O/c1-14-18(20(22)26(25-14)13-15-7-3-2-4-8-15)21(27)24-17-11-5-9-16-10-6-12-23-19(16)17/h2-12H,13H2,1H3,(H,24,27). The number of pyridine rings is 1. The van der Waals surface area contributed by atoms with Gasteiger partial charge in [0.2, 0.25) is 0 Å². The van der Waals surface area contributed by atoms with E-state index in [1.807, 2.05) is 60.7 Å². The number of fused-ring (bicyclic) bond motifs is 1. The van der Waals surface area contributed by atoms with Crippen molar-refractivity contribution < 1.29 is 4.79 Å². The Morgan fingerprint density at radius 2 is 1.85 bits per heavy atom. The number of nitrogens with zero attached hydrogens (tertiary/aromatic N) is 3. The zero-order chi connectivity index (χ0) is 18.8. The Labute approximate surface area is 161 Å². The maximum atomic E-state index is 12.9. The number of hydrogen-bond donors (Lipinski definition) is 1. The lowest BCUT2D eigenvalue weighted by atomic mass is 10.1. The minimum atomic E-state index is -0.296. The molecule has 2 aromatic carbocycles.